The number of benzene rings is 1. The van der Waals surface area contributed by atoms with E-state index >= 15 is 0 Å². The molecule has 0 saturated heterocycles. The smallest absolute Gasteiger partial charge is 0.160 e. The van der Waals surface area contributed by atoms with Gasteiger partial charge in [-0.05, 0) is 51.4 Å². The molecule has 1 aliphatic heterocycles. The summed E-state index contributed by atoms with van der Waals surface area (Å²) in [4.78, 5) is 7.03. The highest BCUT2D eigenvalue weighted by molar-refractivity contribution is 5.64. The molecule has 26 heavy (non-hydrogen) atoms. The molecule has 2 aliphatic rings. The molecule has 1 fully saturated rings. The molecule has 4 nitrogen and oxygen atoms in total. The van der Waals surface area contributed by atoms with Gasteiger partial charge in [0.1, 0.15) is 11.6 Å². The zero-order valence-electron chi connectivity index (χ0n) is 15.3. The summed E-state index contributed by atoms with van der Waals surface area (Å²) < 4.78 is 26.5. The van der Waals surface area contributed by atoms with Crippen molar-refractivity contribution >= 4 is 17.3 Å². The van der Waals surface area contributed by atoms with Crippen LogP contribution in [0.5, 0.6) is 0 Å². The molecule has 0 spiro atoms. The van der Waals surface area contributed by atoms with Crippen LogP contribution >= 0.6 is 0 Å². The van der Waals surface area contributed by atoms with Crippen LogP contribution in [0.2, 0.25) is 0 Å². The SMILES string of the molecule is CNC1(C)CCC2C(C1)c1ccc(Nc3ccc(F)c(F)c3)nc1N2C. The third kappa shape index (κ3) is 2.82. The lowest BCUT2D eigenvalue weighted by molar-refractivity contribution is 0.230. The van der Waals surface area contributed by atoms with Crippen LogP contribution in [0.1, 0.15) is 37.7 Å². The maximum atomic E-state index is 13.4. The van der Waals surface area contributed by atoms with Crippen molar-refractivity contribution in [3.05, 3.63) is 47.5 Å². The van der Waals surface area contributed by atoms with Crippen LogP contribution in [-0.4, -0.2) is 30.7 Å². The number of fused-ring (bicyclic) bond motifs is 3. The van der Waals surface area contributed by atoms with Crippen LogP contribution in [0.15, 0.2) is 30.3 Å². The number of pyridine rings is 1. The number of likely N-dealkylation sites (N-methyl/N-ethyl adjacent to an activating group) is 1. The number of anilines is 3. The summed E-state index contributed by atoms with van der Waals surface area (Å²) in [6.07, 6.45) is 3.35. The van der Waals surface area contributed by atoms with Crippen molar-refractivity contribution in [1.82, 2.24) is 10.3 Å². The second-order valence-electron chi connectivity index (χ2n) is 7.70. The van der Waals surface area contributed by atoms with Crippen molar-refractivity contribution in [3.63, 3.8) is 0 Å². The van der Waals surface area contributed by atoms with Crippen molar-refractivity contribution in [1.29, 1.82) is 0 Å². The molecule has 1 aliphatic carbocycles. The zero-order chi connectivity index (χ0) is 18.5. The molecule has 2 N–H and O–H groups in total. The van der Waals surface area contributed by atoms with Gasteiger partial charge in [-0.1, -0.05) is 6.07 Å². The molecule has 4 rings (SSSR count). The first kappa shape index (κ1) is 17.2. The minimum atomic E-state index is -0.870. The lowest BCUT2D eigenvalue weighted by atomic mass is 9.73. The fraction of sp³-hybridized carbons (Fsp3) is 0.450. The van der Waals surface area contributed by atoms with Gasteiger partial charge in [-0.15, -0.1) is 0 Å². The average Bonchev–Trinajstić information content (AvgIpc) is 2.90. The van der Waals surface area contributed by atoms with Gasteiger partial charge in [0.15, 0.2) is 11.6 Å². The van der Waals surface area contributed by atoms with Gasteiger partial charge in [0.2, 0.25) is 0 Å². The minimum absolute atomic E-state index is 0.159. The molecule has 2 heterocycles. The summed E-state index contributed by atoms with van der Waals surface area (Å²) in [5, 5.41) is 6.55. The third-order valence-electron chi connectivity index (χ3n) is 6.06. The quantitative estimate of drug-likeness (QED) is 0.864. The van der Waals surface area contributed by atoms with Crippen molar-refractivity contribution in [3.8, 4) is 0 Å². The van der Waals surface area contributed by atoms with Crippen LogP contribution in [-0.2, 0) is 0 Å². The van der Waals surface area contributed by atoms with Crippen LogP contribution in [0.25, 0.3) is 0 Å². The molecular formula is C20H24F2N4. The van der Waals surface area contributed by atoms with Crippen LogP contribution in [0.3, 0.4) is 0 Å². The Balaban J connectivity index is 1.61. The highest BCUT2D eigenvalue weighted by Crippen LogP contribution is 2.49. The maximum Gasteiger partial charge on any atom is 0.160 e. The van der Waals surface area contributed by atoms with E-state index in [1.165, 1.54) is 11.6 Å². The summed E-state index contributed by atoms with van der Waals surface area (Å²) in [5.41, 5.74) is 1.92. The Hall–Kier alpha value is -2.21. The first-order chi connectivity index (χ1) is 12.4. The van der Waals surface area contributed by atoms with E-state index in [2.05, 4.69) is 35.6 Å². The predicted molar refractivity (Wildman–Crippen MR) is 100 cm³/mol. The van der Waals surface area contributed by atoms with E-state index < -0.39 is 11.6 Å². The first-order valence-corrected chi connectivity index (χ1v) is 9.05. The molecule has 0 radical (unpaired) electrons. The van der Waals surface area contributed by atoms with Crippen LogP contribution < -0.4 is 15.5 Å². The fourth-order valence-electron chi connectivity index (χ4n) is 4.38. The van der Waals surface area contributed by atoms with E-state index in [0.29, 0.717) is 23.5 Å². The Morgan fingerprint density at radius 1 is 1.19 bits per heavy atom. The van der Waals surface area contributed by atoms with Crippen molar-refractivity contribution < 1.29 is 8.78 Å². The van der Waals surface area contributed by atoms with Crippen molar-refractivity contribution in [2.75, 3.05) is 24.3 Å². The highest BCUT2D eigenvalue weighted by Gasteiger charge is 2.45. The molecule has 0 bridgehead atoms. The molecular weight excluding hydrogens is 334 g/mol. The Kier molecular flexibility index (Phi) is 4.10. The number of nitrogens with one attached hydrogen (secondary N) is 2. The van der Waals surface area contributed by atoms with Gasteiger partial charge < -0.3 is 15.5 Å². The molecule has 6 heteroatoms. The van der Waals surface area contributed by atoms with Gasteiger partial charge >= 0.3 is 0 Å². The number of halogens is 2. The normalized spacial score (nSPS) is 27.2. The van der Waals surface area contributed by atoms with Crippen molar-refractivity contribution in [2.24, 2.45) is 0 Å². The predicted octanol–water partition coefficient (Wildman–Crippen LogP) is 4.17. The summed E-state index contributed by atoms with van der Waals surface area (Å²) in [7, 11) is 4.13. The summed E-state index contributed by atoms with van der Waals surface area (Å²) >= 11 is 0. The van der Waals surface area contributed by atoms with E-state index in [-0.39, 0.29) is 5.54 Å². The lowest BCUT2D eigenvalue weighted by Crippen LogP contribution is -2.48. The number of aromatic nitrogens is 1. The van der Waals surface area contributed by atoms with Gasteiger partial charge in [0, 0.05) is 41.9 Å². The molecule has 0 amide bonds. The summed E-state index contributed by atoms with van der Waals surface area (Å²) in [6, 6.07) is 8.28. The standard InChI is InChI=1S/C20H24F2N4/c1-20(23-2)9-8-17-14(11-20)13-5-7-18(25-19(13)26(17)3)24-12-4-6-15(21)16(22)10-12/h4-7,10,14,17,23H,8-9,11H2,1-3H3,(H,24,25). The Labute approximate surface area is 152 Å². The largest absolute Gasteiger partial charge is 0.356 e. The Morgan fingerprint density at radius 3 is 2.73 bits per heavy atom. The Morgan fingerprint density at radius 2 is 2.00 bits per heavy atom. The second kappa shape index (κ2) is 6.20. The van der Waals surface area contributed by atoms with E-state index in [1.54, 1.807) is 0 Å². The number of hydrogen-bond acceptors (Lipinski definition) is 4. The van der Waals surface area contributed by atoms with E-state index in [0.717, 1.165) is 37.2 Å². The zero-order valence-corrected chi connectivity index (χ0v) is 15.3. The van der Waals surface area contributed by atoms with Gasteiger partial charge in [0.05, 0.1) is 0 Å². The Bertz CT molecular complexity index is 841. The number of nitrogens with zero attached hydrogens (tertiary/aromatic N) is 2. The molecule has 138 valence electrons. The minimum Gasteiger partial charge on any atom is -0.356 e. The number of hydrogen-bond donors (Lipinski definition) is 2. The molecule has 3 unspecified atom stereocenters. The van der Waals surface area contributed by atoms with Gasteiger partial charge in [-0.2, -0.15) is 0 Å². The molecule has 2 aromatic rings. The molecule has 1 aromatic heterocycles. The van der Waals surface area contributed by atoms with Gasteiger partial charge in [0.25, 0.3) is 0 Å². The lowest BCUT2D eigenvalue weighted by Gasteiger charge is -2.41. The van der Waals surface area contributed by atoms with Crippen LogP contribution in [0.4, 0.5) is 26.1 Å². The number of rotatable bonds is 3. The molecule has 1 aromatic carbocycles. The molecule has 1 saturated carbocycles. The topological polar surface area (TPSA) is 40.2 Å². The second-order valence-corrected chi connectivity index (χ2v) is 7.70. The van der Waals surface area contributed by atoms with Crippen LogP contribution in [0, 0.1) is 11.6 Å². The average molecular weight is 358 g/mol. The van der Waals surface area contributed by atoms with E-state index in [9.17, 15) is 8.78 Å². The fourth-order valence-corrected chi connectivity index (χ4v) is 4.38. The van der Waals surface area contributed by atoms with E-state index in [1.807, 2.05) is 13.1 Å². The third-order valence-corrected chi connectivity index (χ3v) is 6.06. The first-order valence-electron chi connectivity index (χ1n) is 9.05. The van der Waals surface area contributed by atoms with Crippen molar-refractivity contribution in [2.45, 2.75) is 43.7 Å². The highest BCUT2D eigenvalue weighted by atomic mass is 19.2. The van der Waals surface area contributed by atoms with Gasteiger partial charge in [-0.25, -0.2) is 13.8 Å². The maximum absolute atomic E-state index is 13.4. The summed E-state index contributed by atoms with van der Waals surface area (Å²) in [6.45, 7) is 2.29. The van der Waals surface area contributed by atoms with Gasteiger partial charge in [-0.3, -0.25) is 0 Å². The van der Waals surface area contributed by atoms with E-state index in [4.69, 9.17) is 4.98 Å². The molecule has 3 atom stereocenters. The monoisotopic (exact) mass is 358 g/mol. The summed E-state index contributed by atoms with van der Waals surface area (Å²) in [5.74, 6) is 0.357.